The number of hydrogen-bond donors (Lipinski definition) is 1. The molecule has 13 heavy (non-hydrogen) atoms. The number of hydrogen-bond acceptors (Lipinski definition) is 3. The molecule has 5 heteroatoms. The molecule has 0 aromatic carbocycles. The van der Waals surface area contributed by atoms with E-state index in [1.807, 2.05) is 0 Å². The summed E-state index contributed by atoms with van der Waals surface area (Å²) in [5.74, 6) is 0. The Morgan fingerprint density at radius 1 is 1.62 bits per heavy atom. The molecule has 0 fully saturated rings. The summed E-state index contributed by atoms with van der Waals surface area (Å²) in [5.41, 5.74) is 5.51. The van der Waals surface area contributed by atoms with Gasteiger partial charge in [0.15, 0.2) is 0 Å². The Labute approximate surface area is 79.7 Å². The fourth-order valence-electron chi connectivity index (χ4n) is 0.981. The van der Waals surface area contributed by atoms with Crippen molar-refractivity contribution in [2.45, 2.75) is 6.42 Å². The summed E-state index contributed by atoms with van der Waals surface area (Å²) >= 11 is 5.57. The number of aromatic nitrogens is 1. The number of carbonyl (C=O) groups excluding carboxylic acids is 1. The number of halogens is 2. The van der Waals surface area contributed by atoms with Crippen LogP contribution in [0.2, 0.25) is 5.15 Å². The summed E-state index contributed by atoms with van der Waals surface area (Å²) in [6, 6.07) is 1.17. The van der Waals surface area contributed by atoms with Gasteiger partial charge in [-0.15, -0.1) is 0 Å². The Kier molecular flexibility index (Phi) is 3.33. The zero-order valence-corrected chi connectivity index (χ0v) is 7.51. The van der Waals surface area contributed by atoms with Gasteiger partial charge in [0, 0.05) is 6.42 Å². The molecule has 2 N–H and O–H groups in total. The molecule has 0 atom stereocenters. The van der Waals surface area contributed by atoms with Crippen molar-refractivity contribution in [1.29, 1.82) is 0 Å². The Morgan fingerprint density at radius 3 is 2.85 bits per heavy atom. The second-order valence-corrected chi connectivity index (χ2v) is 2.83. The number of pyridine rings is 1. The van der Waals surface area contributed by atoms with Gasteiger partial charge in [0.1, 0.15) is 5.15 Å². The van der Waals surface area contributed by atoms with Crippen LogP contribution in [-0.2, 0) is 6.42 Å². The highest BCUT2D eigenvalue weighted by Crippen LogP contribution is 2.13. The average Bonchev–Trinajstić information content (AvgIpc) is 2.04. The van der Waals surface area contributed by atoms with Crippen molar-refractivity contribution in [1.82, 2.24) is 4.98 Å². The van der Waals surface area contributed by atoms with E-state index < -0.39 is 6.04 Å². The SMILES string of the molecule is NCCc1nc(Cl)ccc1C(=O)F. The standard InChI is InChI=1S/C8H8ClFN2O/c9-7-2-1-5(8(10)13)6(12-7)3-4-11/h1-2H,3-4,11H2. The summed E-state index contributed by atoms with van der Waals surface area (Å²) in [6.07, 6.45) is 0.339. The first-order chi connectivity index (χ1) is 6.15. The normalized spacial score (nSPS) is 10.1. The van der Waals surface area contributed by atoms with Gasteiger partial charge in [-0.25, -0.2) is 4.98 Å². The molecule has 0 bridgehead atoms. The quantitative estimate of drug-likeness (QED) is 0.595. The third kappa shape index (κ3) is 2.47. The van der Waals surface area contributed by atoms with Crippen LogP contribution in [0.4, 0.5) is 4.39 Å². The van der Waals surface area contributed by atoms with Crippen LogP contribution in [0, 0.1) is 0 Å². The lowest BCUT2D eigenvalue weighted by atomic mass is 10.1. The van der Waals surface area contributed by atoms with Gasteiger partial charge >= 0.3 is 6.04 Å². The second kappa shape index (κ2) is 4.30. The molecular weight excluding hydrogens is 195 g/mol. The summed E-state index contributed by atoms with van der Waals surface area (Å²) in [5, 5.41) is 0.230. The molecule has 1 rings (SSSR count). The van der Waals surface area contributed by atoms with Crippen molar-refractivity contribution >= 4 is 17.6 Å². The van der Waals surface area contributed by atoms with Crippen LogP contribution < -0.4 is 5.73 Å². The molecule has 0 unspecified atom stereocenters. The van der Waals surface area contributed by atoms with Crippen LogP contribution >= 0.6 is 11.6 Å². The Bertz CT molecular complexity index is 330. The Morgan fingerprint density at radius 2 is 2.31 bits per heavy atom. The first kappa shape index (κ1) is 10.1. The second-order valence-electron chi connectivity index (χ2n) is 2.44. The molecule has 70 valence electrons. The van der Waals surface area contributed by atoms with Crippen molar-refractivity contribution in [3.63, 3.8) is 0 Å². The van der Waals surface area contributed by atoms with Crippen LogP contribution in [-0.4, -0.2) is 17.6 Å². The van der Waals surface area contributed by atoms with E-state index >= 15 is 0 Å². The highest BCUT2D eigenvalue weighted by atomic mass is 35.5. The highest BCUT2D eigenvalue weighted by Gasteiger charge is 2.11. The number of nitrogens with zero attached hydrogens (tertiary/aromatic N) is 1. The summed E-state index contributed by atoms with van der Waals surface area (Å²) in [6.45, 7) is 0.299. The Hall–Kier alpha value is -1.00. The van der Waals surface area contributed by atoms with Gasteiger partial charge in [0.25, 0.3) is 0 Å². The minimum Gasteiger partial charge on any atom is -0.330 e. The lowest BCUT2D eigenvalue weighted by Gasteiger charge is -2.02. The molecule has 0 amide bonds. The zero-order chi connectivity index (χ0) is 9.84. The first-order valence-electron chi connectivity index (χ1n) is 3.70. The van der Waals surface area contributed by atoms with Crippen LogP contribution in [0.15, 0.2) is 12.1 Å². The smallest absolute Gasteiger partial charge is 0.330 e. The summed E-state index contributed by atoms with van der Waals surface area (Å²) in [7, 11) is 0. The molecule has 1 heterocycles. The molecule has 0 aliphatic carbocycles. The van der Waals surface area contributed by atoms with Crippen LogP contribution in [0.5, 0.6) is 0 Å². The first-order valence-corrected chi connectivity index (χ1v) is 4.08. The maximum absolute atomic E-state index is 12.4. The minimum atomic E-state index is -1.51. The number of carbonyl (C=O) groups is 1. The predicted octanol–water partition coefficient (Wildman–Crippen LogP) is 1.35. The van der Waals surface area contributed by atoms with E-state index in [1.165, 1.54) is 12.1 Å². The maximum Gasteiger partial charge on any atom is 0.333 e. The van der Waals surface area contributed by atoms with E-state index in [-0.39, 0.29) is 10.7 Å². The van der Waals surface area contributed by atoms with Gasteiger partial charge in [-0.05, 0) is 18.7 Å². The topological polar surface area (TPSA) is 56.0 Å². The lowest BCUT2D eigenvalue weighted by Crippen LogP contribution is -2.09. The fraction of sp³-hybridized carbons (Fsp3) is 0.250. The van der Waals surface area contributed by atoms with E-state index in [9.17, 15) is 9.18 Å². The van der Waals surface area contributed by atoms with Crippen molar-refractivity contribution in [2.24, 2.45) is 5.73 Å². The van der Waals surface area contributed by atoms with Crippen LogP contribution in [0.1, 0.15) is 16.1 Å². The molecule has 1 aromatic rings. The molecule has 1 aromatic heterocycles. The van der Waals surface area contributed by atoms with Gasteiger partial charge in [-0.3, -0.25) is 4.79 Å². The Balaban J connectivity index is 3.10. The minimum absolute atomic E-state index is 0.0603. The third-order valence-corrected chi connectivity index (χ3v) is 1.74. The summed E-state index contributed by atoms with van der Waals surface area (Å²) < 4.78 is 12.4. The molecule has 0 aliphatic heterocycles. The lowest BCUT2D eigenvalue weighted by molar-refractivity contribution is 0.0834. The van der Waals surface area contributed by atoms with E-state index in [0.717, 1.165) is 0 Å². The van der Waals surface area contributed by atoms with Crippen LogP contribution in [0.25, 0.3) is 0 Å². The van der Waals surface area contributed by atoms with Gasteiger partial charge in [0.05, 0.1) is 11.3 Å². The van der Waals surface area contributed by atoms with Crippen molar-refractivity contribution in [3.05, 3.63) is 28.5 Å². The predicted molar refractivity (Wildman–Crippen MR) is 47.4 cm³/mol. The number of rotatable bonds is 3. The van der Waals surface area contributed by atoms with Crippen molar-refractivity contribution in [2.75, 3.05) is 6.54 Å². The van der Waals surface area contributed by atoms with E-state index in [1.54, 1.807) is 0 Å². The molecule has 0 aliphatic rings. The van der Waals surface area contributed by atoms with E-state index in [0.29, 0.717) is 18.7 Å². The molecule has 0 saturated carbocycles. The monoisotopic (exact) mass is 202 g/mol. The highest BCUT2D eigenvalue weighted by molar-refractivity contribution is 6.29. The van der Waals surface area contributed by atoms with Gasteiger partial charge in [-0.2, -0.15) is 4.39 Å². The zero-order valence-electron chi connectivity index (χ0n) is 6.76. The van der Waals surface area contributed by atoms with Crippen LogP contribution in [0.3, 0.4) is 0 Å². The van der Waals surface area contributed by atoms with Gasteiger partial charge in [-0.1, -0.05) is 11.6 Å². The van der Waals surface area contributed by atoms with E-state index in [2.05, 4.69) is 4.98 Å². The fourth-order valence-corrected chi connectivity index (χ4v) is 1.15. The molecular formula is C8H8ClFN2O. The molecule has 0 saturated heterocycles. The van der Waals surface area contributed by atoms with E-state index in [4.69, 9.17) is 17.3 Å². The average molecular weight is 203 g/mol. The number of nitrogens with two attached hydrogens (primary N) is 1. The maximum atomic E-state index is 12.4. The van der Waals surface area contributed by atoms with Gasteiger partial charge in [0.2, 0.25) is 0 Å². The van der Waals surface area contributed by atoms with Gasteiger partial charge < -0.3 is 5.73 Å². The molecule has 3 nitrogen and oxygen atoms in total. The summed E-state index contributed by atoms with van der Waals surface area (Å²) in [4.78, 5) is 14.3. The molecule has 0 spiro atoms. The third-order valence-electron chi connectivity index (χ3n) is 1.53. The molecule has 0 radical (unpaired) electrons. The largest absolute Gasteiger partial charge is 0.333 e. The van der Waals surface area contributed by atoms with Crippen molar-refractivity contribution < 1.29 is 9.18 Å². The van der Waals surface area contributed by atoms with Crippen molar-refractivity contribution in [3.8, 4) is 0 Å².